The normalized spacial score (nSPS) is 10.5. The number of ether oxygens (including phenoxy) is 1. The molecule has 0 radical (unpaired) electrons. The van der Waals surface area contributed by atoms with Gasteiger partial charge in [0, 0.05) is 12.2 Å². The molecule has 0 unspecified atom stereocenters. The molecule has 0 amide bonds. The van der Waals surface area contributed by atoms with Crippen molar-refractivity contribution in [2.24, 2.45) is 5.73 Å². The summed E-state index contributed by atoms with van der Waals surface area (Å²) in [5.74, 6) is 0.130. The zero-order valence-electron chi connectivity index (χ0n) is 11.6. The highest BCUT2D eigenvalue weighted by Gasteiger charge is 2.16. The Balaban J connectivity index is 2.44. The standard InChI is InChI=1S/C14H16ClFN4O/c1-21-14-18-9-12(15)13(19-14)20(7-3-6-17)11-5-2-4-10(16)8-11/h2,4-5,8-9H,3,6-7,17H2,1H3. The van der Waals surface area contributed by atoms with Crippen molar-refractivity contribution in [3.8, 4) is 6.01 Å². The van der Waals surface area contributed by atoms with Crippen molar-refractivity contribution in [2.45, 2.75) is 6.42 Å². The second-order valence-corrected chi connectivity index (χ2v) is 4.71. The van der Waals surface area contributed by atoms with Crippen molar-refractivity contribution in [3.63, 3.8) is 0 Å². The maximum atomic E-state index is 13.5. The smallest absolute Gasteiger partial charge is 0.318 e. The van der Waals surface area contributed by atoms with E-state index in [4.69, 9.17) is 22.1 Å². The minimum absolute atomic E-state index is 0.198. The van der Waals surface area contributed by atoms with Crippen LogP contribution in [-0.4, -0.2) is 30.2 Å². The summed E-state index contributed by atoms with van der Waals surface area (Å²) in [5, 5.41) is 0.358. The van der Waals surface area contributed by atoms with Gasteiger partial charge in [0.25, 0.3) is 0 Å². The molecule has 0 saturated carbocycles. The summed E-state index contributed by atoms with van der Waals surface area (Å²) >= 11 is 6.17. The van der Waals surface area contributed by atoms with Crippen LogP contribution in [0.2, 0.25) is 5.02 Å². The Bertz CT molecular complexity index is 611. The lowest BCUT2D eigenvalue weighted by molar-refractivity contribution is 0.380. The zero-order chi connectivity index (χ0) is 15.2. The largest absolute Gasteiger partial charge is 0.467 e. The highest BCUT2D eigenvalue weighted by molar-refractivity contribution is 6.33. The van der Waals surface area contributed by atoms with E-state index in [1.54, 1.807) is 17.0 Å². The molecule has 0 atom stereocenters. The lowest BCUT2D eigenvalue weighted by Gasteiger charge is -2.24. The van der Waals surface area contributed by atoms with E-state index < -0.39 is 0 Å². The van der Waals surface area contributed by atoms with Gasteiger partial charge in [0.1, 0.15) is 10.8 Å². The second kappa shape index (κ2) is 7.19. The van der Waals surface area contributed by atoms with Gasteiger partial charge in [-0.05, 0) is 31.2 Å². The van der Waals surface area contributed by atoms with Crippen LogP contribution in [0.3, 0.4) is 0 Å². The molecule has 7 heteroatoms. The van der Waals surface area contributed by atoms with Gasteiger partial charge in [0.2, 0.25) is 0 Å². The Labute approximate surface area is 127 Å². The van der Waals surface area contributed by atoms with Crippen LogP contribution in [-0.2, 0) is 0 Å². The van der Waals surface area contributed by atoms with E-state index in [0.29, 0.717) is 36.0 Å². The number of methoxy groups -OCH3 is 1. The van der Waals surface area contributed by atoms with Crippen LogP contribution in [0, 0.1) is 5.82 Å². The Morgan fingerprint density at radius 3 is 2.90 bits per heavy atom. The van der Waals surface area contributed by atoms with Crippen LogP contribution < -0.4 is 15.4 Å². The molecule has 2 rings (SSSR count). The highest BCUT2D eigenvalue weighted by Crippen LogP contribution is 2.31. The fourth-order valence-corrected chi connectivity index (χ4v) is 2.07. The van der Waals surface area contributed by atoms with E-state index in [-0.39, 0.29) is 11.8 Å². The van der Waals surface area contributed by atoms with Gasteiger partial charge < -0.3 is 15.4 Å². The Morgan fingerprint density at radius 1 is 1.43 bits per heavy atom. The zero-order valence-corrected chi connectivity index (χ0v) is 12.3. The third kappa shape index (κ3) is 3.80. The van der Waals surface area contributed by atoms with Gasteiger partial charge in [0.05, 0.1) is 13.3 Å². The van der Waals surface area contributed by atoms with Crippen LogP contribution in [0.25, 0.3) is 0 Å². The van der Waals surface area contributed by atoms with Gasteiger partial charge in [-0.2, -0.15) is 4.98 Å². The summed E-state index contributed by atoms with van der Waals surface area (Å²) in [5.41, 5.74) is 6.21. The average Bonchev–Trinajstić information content (AvgIpc) is 2.49. The molecule has 2 aromatic rings. The molecule has 0 fully saturated rings. The minimum atomic E-state index is -0.331. The Morgan fingerprint density at radius 2 is 2.24 bits per heavy atom. The van der Waals surface area contributed by atoms with Crippen LogP contribution in [0.15, 0.2) is 30.5 Å². The number of rotatable bonds is 6. The molecule has 1 aromatic heterocycles. The van der Waals surface area contributed by atoms with Crippen molar-refractivity contribution in [1.82, 2.24) is 9.97 Å². The molecule has 0 aliphatic rings. The van der Waals surface area contributed by atoms with Crippen LogP contribution in [0.4, 0.5) is 15.9 Å². The molecular weight excluding hydrogens is 295 g/mol. The van der Waals surface area contributed by atoms with E-state index in [1.165, 1.54) is 25.4 Å². The first-order chi connectivity index (χ1) is 10.2. The molecule has 2 N–H and O–H groups in total. The molecule has 1 aromatic carbocycles. The molecule has 112 valence electrons. The van der Waals surface area contributed by atoms with Crippen LogP contribution in [0.1, 0.15) is 6.42 Å². The molecule has 0 bridgehead atoms. The maximum absolute atomic E-state index is 13.5. The lowest BCUT2D eigenvalue weighted by atomic mass is 10.2. The van der Waals surface area contributed by atoms with Gasteiger partial charge in [0.15, 0.2) is 5.82 Å². The molecule has 0 saturated heterocycles. The van der Waals surface area contributed by atoms with E-state index in [1.807, 2.05) is 0 Å². The van der Waals surface area contributed by atoms with Crippen LogP contribution in [0.5, 0.6) is 6.01 Å². The number of nitrogens with zero attached hydrogens (tertiary/aromatic N) is 3. The SMILES string of the molecule is COc1ncc(Cl)c(N(CCCN)c2cccc(F)c2)n1. The predicted octanol–water partition coefficient (Wildman–Crippen LogP) is 2.76. The molecule has 0 aliphatic carbocycles. The number of hydrogen-bond donors (Lipinski definition) is 1. The summed E-state index contributed by atoms with van der Waals surface area (Å²) in [6.07, 6.45) is 2.16. The molecule has 5 nitrogen and oxygen atoms in total. The third-order valence-corrected chi connectivity index (χ3v) is 3.11. The van der Waals surface area contributed by atoms with Crippen molar-refractivity contribution >= 4 is 23.1 Å². The second-order valence-electron chi connectivity index (χ2n) is 4.30. The summed E-state index contributed by atoms with van der Waals surface area (Å²) in [7, 11) is 1.47. The number of nitrogens with two attached hydrogens (primary N) is 1. The first-order valence-corrected chi connectivity index (χ1v) is 6.83. The number of hydrogen-bond acceptors (Lipinski definition) is 5. The lowest BCUT2D eigenvalue weighted by Crippen LogP contribution is -2.22. The topological polar surface area (TPSA) is 64.3 Å². The third-order valence-electron chi connectivity index (χ3n) is 2.85. The maximum Gasteiger partial charge on any atom is 0.318 e. The Hall–Kier alpha value is -1.92. The van der Waals surface area contributed by atoms with Gasteiger partial charge in [-0.3, -0.25) is 0 Å². The first kappa shape index (κ1) is 15.5. The van der Waals surface area contributed by atoms with Gasteiger partial charge >= 0.3 is 6.01 Å². The number of anilines is 2. The van der Waals surface area contributed by atoms with E-state index in [2.05, 4.69) is 9.97 Å². The minimum Gasteiger partial charge on any atom is -0.467 e. The van der Waals surface area contributed by atoms with Gasteiger partial charge in [-0.1, -0.05) is 17.7 Å². The van der Waals surface area contributed by atoms with E-state index in [9.17, 15) is 4.39 Å². The molecular formula is C14H16ClFN4O. The van der Waals surface area contributed by atoms with E-state index in [0.717, 1.165) is 0 Å². The van der Waals surface area contributed by atoms with Crippen molar-refractivity contribution in [3.05, 3.63) is 41.3 Å². The summed E-state index contributed by atoms with van der Waals surface area (Å²) in [6.45, 7) is 1.06. The summed E-state index contributed by atoms with van der Waals surface area (Å²) in [6, 6.07) is 6.41. The monoisotopic (exact) mass is 310 g/mol. The van der Waals surface area contributed by atoms with Gasteiger partial charge in [-0.25, -0.2) is 9.37 Å². The van der Waals surface area contributed by atoms with E-state index >= 15 is 0 Å². The number of benzene rings is 1. The molecule has 1 heterocycles. The number of halogens is 2. The molecule has 0 spiro atoms. The fourth-order valence-electron chi connectivity index (χ4n) is 1.88. The quantitative estimate of drug-likeness (QED) is 0.889. The van der Waals surface area contributed by atoms with Crippen molar-refractivity contribution < 1.29 is 9.13 Å². The van der Waals surface area contributed by atoms with Gasteiger partial charge in [-0.15, -0.1) is 0 Å². The fraction of sp³-hybridized carbons (Fsp3) is 0.286. The average molecular weight is 311 g/mol. The Kier molecular flexibility index (Phi) is 5.30. The van der Waals surface area contributed by atoms with Crippen LogP contribution >= 0.6 is 11.6 Å². The first-order valence-electron chi connectivity index (χ1n) is 6.45. The summed E-state index contributed by atoms with van der Waals surface area (Å²) in [4.78, 5) is 9.98. The number of aromatic nitrogens is 2. The predicted molar refractivity (Wildman–Crippen MR) is 80.7 cm³/mol. The summed E-state index contributed by atoms with van der Waals surface area (Å²) < 4.78 is 18.5. The highest BCUT2D eigenvalue weighted by atomic mass is 35.5. The molecule has 21 heavy (non-hydrogen) atoms. The van der Waals surface area contributed by atoms with Crippen molar-refractivity contribution in [1.29, 1.82) is 0 Å². The molecule has 0 aliphatic heterocycles. The van der Waals surface area contributed by atoms with Crippen molar-refractivity contribution in [2.75, 3.05) is 25.1 Å².